The fourth-order valence-electron chi connectivity index (χ4n) is 3.11. The molecule has 0 saturated heterocycles. The van der Waals surface area contributed by atoms with Gasteiger partial charge in [-0.3, -0.25) is 14.4 Å². The number of nitrogens with one attached hydrogen (secondary N) is 2. The molecule has 0 aliphatic heterocycles. The molecule has 0 spiro atoms. The summed E-state index contributed by atoms with van der Waals surface area (Å²) in [6.45, 7) is 3.86. The average molecular weight is 492 g/mol. The molecule has 3 rings (SSSR count). The maximum Gasteiger partial charge on any atom is 0.307 e. The predicted molar refractivity (Wildman–Crippen MR) is 120 cm³/mol. The van der Waals surface area contributed by atoms with Gasteiger partial charge in [0.2, 0.25) is 5.91 Å². The van der Waals surface area contributed by atoms with Crippen LogP contribution in [0.3, 0.4) is 0 Å². The van der Waals surface area contributed by atoms with Gasteiger partial charge < -0.3 is 15.0 Å². The van der Waals surface area contributed by atoms with E-state index in [1.807, 2.05) is 38.1 Å². The molecule has 0 radical (unpaired) electrons. The normalized spacial score (nSPS) is 12.0. The van der Waals surface area contributed by atoms with Gasteiger partial charge in [0.05, 0.1) is 25.0 Å². The molecule has 0 aliphatic carbocycles. The van der Waals surface area contributed by atoms with Gasteiger partial charge in [-0.15, -0.1) is 11.3 Å². The van der Waals surface area contributed by atoms with Crippen molar-refractivity contribution in [2.24, 2.45) is 0 Å². The van der Waals surface area contributed by atoms with E-state index in [1.54, 1.807) is 0 Å². The number of ether oxygens (including phenoxy) is 1. The Morgan fingerprint density at radius 1 is 1.27 bits per heavy atom. The zero-order valence-corrected chi connectivity index (χ0v) is 19.3. The van der Waals surface area contributed by atoms with E-state index in [2.05, 4.69) is 31.2 Å². The van der Waals surface area contributed by atoms with Crippen LogP contribution in [0.2, 0.25) is 0 Å². The van der Waals surface area contributed by atoms with E-state index < -0.39 is 12.0 Å². The average Bonchev–Trinajstić information content (AvgIpc) is 3.00. The van der Waals surface area contributed by atoms with Crippen LogP contribution in [0.15, 0.2) is 33.5 Å². The number of fused-ring (bicyclic) bond motifs is 1. The number of hydrogen-bond donors (Lipinski definition) is 2. The van der Waals surface area contributed by atoms with E-state index in [0.29, 0.717) is 16.0 Å². The summed E-state index contributed by atoms with van der Waals surface area (Å²) >= 11 is 4.85. The van der Waals surface area contributed by atoms with Crippen LogP contribution in [0.1, 0.15) is 40.7 Å². The third-order valence-corrected chi connectivity index (χ3v) is 6.51. The van der Waals surface area contributed by atoms with E-state index in [9.17, 15) is 14.4 Å². The van der Waals surface area contributed by atoms with Crippen LogP contribution in [0.5, 0.6) is 0 Å². The molecule has 3 aromatic rings. The first-order chi connectivity index (χ1) is 14.3. The first-order valence-electron chi connectivity index (χ1n) is 9.39. The summed E-state index contributed by atoms with van der Waals surface area (Å²) in [6.07, 6.45) is 0.447. The first-order valence-corrected chi connectivity index (χ1v) is 11.0. The molecule has 158 valence electrons. The number of methoxy groups -OCH3 is 1. The molecule has 9 heteroatoms. The number of amides is 1. The second kappa shape index (κ2) is 9.53. The summed E-state index contributed by atoms with van der Waals surface area (Å²) in [5.41, 5.74) is 1.55. The topological polar surface area (TPSA) is 101 Å². The van der Waals surface area contributed by atoms with Crippen LogP contribution < -0.4 is 10.9 Å². The minimum Gasteiger partial charge on any atom is -0.469 e. The lowest BCUT2D eigenvalue weighted by Gasteiger charge is -2.18. The Balaban J connectivity index is 1.71. The second-order valence-electron chi connectivity index (χ2n) is 6.93. The Bertz CT molecular complexity index is 1140. The van der Waals surface area contributed by atoms with E-state index in [4.69, 9.17) is 4.74 Å². The summed E-state index contributed by atoms with van der Waals surface area (Å²) in [7, 11) is 1.31. The molecule has 2 N–H and O–H groups in total. The Hall–Kier alpha value is -2.52. The van der Waals surface area contributed by atoms with Gasteiger partial charge >= 0.3 is 5.97 Å². The summed E-state index contributed by atoms with van der Waals surface area (Å²) in [6, 6.07) is 6.87. The van der Waals surface area contributed by atoms with Crippen molar-refractivity contribution in [3.8, 4) is 0 Å². The molecule has 30 heavy (non-hydrogen) atoms. The molecule has 0 aliphatic rings. The van der Waals surface area contributed by atoms with Crippen molar-refractivity contribution in [2.75, 3.05) is 7.11 Å². The molecule has 0 fully saturated rings. The lowest BCUT2D eigenvalue weighted by molar-refractivity contribution is -0.141. The molecule has 2 aromatic heterocycles. The Labute approximate surface area is 186 Å². The highest BCUT2D eigenvalue weighted by Gasteiger charge is 2.19. The summed E-state index contributed by atoms with van der Waals surface area (Å²) < 4.78 is 5.66. The Kier molecular flexibility index (Phi) is 7.04. The molecular weight excluding hydrogens is 470 g/mol. The smallest absolute Gasteiger partial charge is 0.307 e. The van der Waals surface area contributed by atoms with E-state index in [1.165, 1.54) is 18.4 Å². The van der Waals surface area contributed by atoms with Gasteiger partial charge in [0, 0.05) is 22.2 Å². The van der Waals surface area contributed by atoms with Gasteiger partial charge in [0.25, 0.3) is 5.56 Å². The third kappa shape index (κ3) is 5.14. The van der Waals surface area contributed by atoms with Crippen LogP contribution in [0, 0.1) is 13.8 Å². The van der Waals surface area contributed by atoms with Gasteiger partial charge in [-0.05, 0) is 37.1 Å². The number of aryl methyl sites for hydroxylation is 3. The maximum absolute atomic E-state index is 12.6. The molecule has 1 unspecified atom stereocenters. The largest absolute Gasteiger partial charge is 0.469 e. The highest BCUT2D eigenvalue weighted by Crippen LogP contribution is 2.26. The van der Waals surface area contributed by atoms with Crippen LogP contribution in [0.25, 0.3) is 10.2 Å². The molecule has 2 heterocycles. The fourth-order valence-corrected chi connectivity index (χ4v) is 4.43. The van der Waals surface area contributed by atoms with E-state index in [0.717, 1.165) is 20.5 Å². The van der Waals surface area contributed by atoms with Crippen molar-refractivity contribution in [3.05, 3.63) is 60.9 Å². The van der Waals surface area contributed by atoms with Crippen molar-refractivity contribution in [1.82, 2.24) is 15.3 Å². The second-order valence-corrected chi connectivity index (χ2v) is 9.05. The van der Waals surface area contributed by atoms with E-state index >= 15 is 0 Å². The van der Waals surface area contributed by atoms with Crippen molar-refractivity contribution in [3.63, 3.8) is 0 Å². The SMILES string of the molecule is COC(=O)CC(NC(=O)CCc1nc2sc(C)c(C)c2c(=O)[nH]1)c1ccc(Br)cc1. The van der Waals surface area contributed by atoms with Gasteiger partial charge in [-0.1, -0.05) is 28.1 Å². The van der Waals surface area contributed by atoms with Crippen molar-refractivity contribution >= 4 is 49.4 Å². The van der Waals surface area contributed by atoms with Gasteiger partial charge in [0.1, 0.15) is 10.7 Å². The predicted octanol–water partition coefficient (Wildman–Crippen LogP) is 3.72. The van der Waals surface area contributed by atoms with Gasteiger partial charge in [-0.25, -0.2) is 4.98 Å². The van der Waals surface area contributed by atoms with E-state index in [-0.39, 0.29) is 30.7 Å². The summed E-state index contributed by atoms with van der Waals surface area (Å²) in [5, 5.41) is 3.49. The fraction of sp³-hybridized carbons (Fsp3) is 0.333. The molecule has 0 saturated carbocycles. The minimum absolute atomic E-state index is 0.0265. The number of carbonyl (C=O) groups excluding carboxylic acids is 2. The number of esters is 1. The molecule has 1 atom stereocenters. The van der Waals surface area contributed by atoms with Crippen LogP contribution in [-0.4, -0.2) is 29.0 Å². The highest BCUT2D eigenvalue weighted by molar-refractivity contribution is 9.10. The Morgan fingerprint density at radius 2 is 1.97 bits per heavy atom. The lowest BCUT2D eigenvalue weighted by atomic mass is 10.0. The van der Waals surface area contributed by atoms with Crippen molar-refractivity contribution < 1.29 is 14.3 Å². The molecule has 1 aromatic carbocycles. The zero-order valence-electron chi connectivity index (χ0n) is 16.9. The van der Waals surface area contributed by atoms with Gasteiger partial charge in [-0.2, -0.15) is 0 Å². The van der Waals surface area contributed by atoms with Gasteiger partial charge in [0.15, 0.2) is 0 Å². The standard InChI is InChI=1S/C21H22BrN3O4S/c1-11-12(2)30-21-19(11)20(28)24-16(25-21)8-9-17(26)23-15(10-18(27)29-3)13-4-6-14(22)7-5-13/h4-7,15H,8-10H2,1-3H3,(H,23,26)(H,24,25,28). The monoisotopic (exact) mass is 491 g/mol. The maximum atomic E-state index is 12.6. The zero-order chi connectivity index (χ0) is 21.8. The number of aromatic amines is 1. The number of aromatic nitrogens is 2. The molecule has 7 nitrogen and oxygen atoms in total. The number of thiophene rings is 1. The number of nitrogens with zero attached hydrogens (tertiary/aromatic N) is 1. The quantitative estimate of drug-likeness (QED) is 0.490. The van der Waals surface area contributed by atoms with Crippen molar-refractivity contribution in [2.45, 2.75) is 39.2 Å². The first kappa shape index (κ1) is 22.2. The van der Waals surface area contributed by atoms with Crippen molar-refractivity contribution in [1.29, 1.82) is 0 Å². The number of H-pyrrole nitrogens is 1. The summed E-state index contributed by atoms with van der Waals surface area (Å²) in [5.74, 6) is -0.187. The number of halogens is 1. The summed E-state index contributed by atoms with van der Waals surface area (Å²) in [4.78, 5) is 45.7. The van der Waals surface area contributed by atoms with Crippen LogP contribution >= 0.6 is 27.3 Å². The molecular formula is C21H22BrN3O4S. The molecule has 1 amide bonds. The number of hydrogen-bond acceptors (Lipinski definition) is 6. The minimum atomic E-state index is -0.505. The lowest BCUT2D eigenvalue weighted by Crippen LogP contribution is -2.31. The highest BCUT2D eigenvalue weighted by atomic mass is 79.9. The Morgan fingerprint density at radius 3 is 2.63 bits per heavy atom. The number of carbonyl (C=O) groups is 2. The van der Waals surface area contributed by atoms with Crippen LogP contribution in [0.4, 0.5) is 0 Å². The molecule has 0 bridgehead atoms. The van der Waals surface area contributed by atoms with Crippen LogP contribution in [-0.2, 0) is 20.7 Å². The number of benzene rings is 1. The number of rotatable bonds is 7. The third-order valence-electron chi connectivity index (χ3n) is 4.88.